The molecule has 37 heavy (non-hydrogen) atoms. The number of imide groups is 1. The summed E-state index contributed by atoms with van der Waals surface area (Å²) in [5.41, 5.74) is 1.28. The second-order valence-electron chi connectivity index (χ2n) is 7.73. The predicted molar refractivity (Wildman–Crippen MR) is 143 cm³/mol. The Labute approximate surface area is 223 Å². The molecule has 0 atom stereocenters. The molecule has 3 amide bonds. The summed E-state index contributed by atoms with van der Waals surface area (Å²) in [6.07, 6.45) is 1.59. The second-order valence-corrected chi connectivity index (χ2v) is 9.13. The summed E-state index contributed by atoms with van der Waals surface area (Å²) < 4.78 is 16.4. The minimum absolute atomic E-state index is 0.0959. The summed E-state index contributed by atoms with van der Waals surface area (Å²) >= 11 is 7.17. The lowest BCUT2D eigenvalue weighted by Crippen LogP contribution is -2.32. The lowest BCUT2D eigenvalue weighted by molar-refractivity contribution is -0.123. The molecule has 8 nitrogen and oxygen atoms in total. The van der Waals surface area contributed by atoms with Crippen molar-refractivity contribution in [1.29, 1.82) is 0 Å². The van der Waals surface area contributed by atoms with Gasteiger partial charge in [-0.05, 0) is 59.8 Å². The van der Waals surface area contributed by atoms with Crippen LogP contribution < -0.4 is 19.5 Å². The van der Waals surface area contributed by atoms with Crippen LogP contribution in [0.15, 0.2) is 77.7 Å². The van der Waals surface area contributed by atoms with E-state index in [1.54, 1.807) is 48.5 Å². The largest absolute Gasteiger partial charge is 0.493 e. The molecule has 0 unspecified atom stereocenters. The summed E-state index contributed by atoms with van der Waals surface area (Å²) in [5, 5.41) is 2.62. The van der Waals surface area contributed by atoms with Crippen LogP contribution in [0.3, 0.4) is 0 Å². The fourth-order valence-electron chi connectivity index (χ4n) is 3.41. The van der Waals surface area contributed by atoms with E-state index in [0.29, 0.717) is 28.5 Å². The summed E-state index contributed by atoms with van der Waals surface area (Å²) in [4.78, 5) is 38.7. The first-order valence-electron chi connectivity index (χ1n) is 11.2. The van der Waals surface area contributed by atoms with E-state index in [-0.39, 0.29) is 40.8 Å². The monoisotopic (exact) mass is 538 g/mol. The molecule has 190 valence electrons. The summed E-state index contributed by atoms with van der Waals surface area (Å²) in [6.45, 7) is 0.00379. The van der Waals surface area contributed by atoms with E-state index in [2.05, 4.69) is 5.32 Å². The van der Waals surface area contributed by atoms with Crippen molar-refractivity contribution in [3.8, 4) is 17.2 Å². The van der Waals surface area contributed by atoms with Crippen molar-refractivity contribution in [3.05, 3.63) is 88.3 Å². The number of para-hydroxylation sites is 3. The molecular weight excluding hydrogens is 516 g/mol. The Kier molecular flexibility index (Phi) is 8.71. The van der Waals surface area contributed by atoms with Gasteiger partial charge in [0.15, 0.2) is 18.1 Å². The summed E-state index contributed by atoms with van der Waals surface area (Å²) in [7, 11) is 1.54. The molecule has 4 rings (SSSR count). The van der Waals surface area contributed by atoms with Crippen LogP contribution in [0.2, 0.25) is 5.02 Å². The Bertz CT molecular complexity index is 1330. The molecule has 1 N–H and O–H groups in total. The van der Waals surface area contributed by atoms with Crippen molar-refractivity contribution in [2.45, 2.75) is 0 Å². The fraction of sp³-hybridized carbons (Fsp3) is 0.148. The normalized spacial score (nSPS) is 14.1. The minimum atomic E-state index is -0.410. The zero-order chi connectivity index (χ0) is 26.2. The maximum atomic E-state index is 12.8. The molecule has 3 aromatic rings. The number of methoxy groups -OCH3 is 1. The van der Waals surface area contributed by atoms with Gasteiger partial charge in [-0.15, -0.1) is 0 Å². The summed E-state index contributed by atoms with van der Waals surface area (Å²) in [6, 6.07) is 21.1. The Balaban J connectivity index is 1.32. The number of rotatable bonds is 10. The van der Waals surface area contributed by atoms with Crippen molar-refractivity contribution < 1.29 is 28.6 Å². The number of ether oxygens (including phenoxy) is 3. The third kappa shape index (κ3) is 6.84. The molecule has 10 heteroatoms. The van der Waals surface area contributed by atoms with Crippen LogP contribution in [0, 0.1) is 0 Å². The number of halogens is 1. The number of hydrogen-bond acceptors (Lipinski definition) is 7. The number of anilines is 1. The van der Waals surface area contributed by atoms with Crippen LogP contribution in [0.5, 0.6) is 17.2 Å². The van der Waals surface area contributed by atoms with Gasteiger partial charge in [-0.2, -0.15) is 0 Å². The molecule has 1 saturated heterocycles. The van der Waals surface area contributed by atoms with E-state index in [4.69, 9.17) is 25.8 Å². The van der Waals surface area contributed by atoms with Gasteiger partial charge in [-0.25, -0.2) is 0 Å². The molecule has 3 aromatic carbocycles. The third-order valence-electron chi connectivity index (χ3n) is 5.19. The van der Waals surface area contributed by atoms with Crippen molar-refractivity contribution in [2.24, 2.45) is 0 Å². The maximum absolute atomic E-state index is 12.8. The van der Waals surface area contributed by atoms with E-state index in [1.807, 2.05) is 30.3 Å². The van der Waals surface area contributed by atoms with Gasteiger partial charge >= 0.3 is 0 Å². The number of nitrogens with zero attached hydrogens (tertiary/aromatic N) is 1. The van der Waals surface area contributed by atoms with Gasteiger partial charge < -0.3 is 19.5 Å². The molecule has 1 fully saturated rings. The molecule has 1 heterocycles. The molecule has 0 spiro atoms. The molecule has 0 saturated carbocycles. The lowest BCUT2D eigenvalue weighted by atomic mass is 10.2. The zero-order valence-electron chi connectivity index (χ0n) is 19.8. The first-order chi connectivity index (χ1) is 17.9. The Hall–Kier alpha value is -3.95. The fourth-order valence-corrected chi connectivity index (χ4v) is 4.52. The van der Waals surface area contributed by atoms with E-state index in [0.717, 1.165) is 16.7 Å². The van der Waals surface area contributed by atoms with Crippen LogP contribution in [0.1, 0.15) is 5.56 Å². The van der Waals surface area contributed by atoms with Gasteiger partial charge in [0.2, 0.25) is 0 Å². The lowest BCUT2D eigenvalue weighted by Gasteiger charge is -2.14. The maximum Gasteiger partial charge on any atom is 0.293 e. The smallest absolute Gasteiger partial charge is 0.293 e. The number of carbonyl (C=O) groups excluding carboxylic acids is 3. The summed E-state index contributed by atoms with van der Waals surface area (Å²) in [5.74, 6) is 0.686. The highest BCUT2D eigenvalue weighted by Crippen LogP contribution is 2.34. The molecule has 0 radical (unpaired) electrons. The van der Waals surface area contributed by atoms with Crippen molar-refractivity contribution >= 4 is 52.2 Å². The SMILES string of the molecule is COc1ccccc1OCCN1C(=O)S/C(=C\c2ccc(OCC(=O)Nc3ccccc3)c(Cl)c2)C1=O. The van der Waals surface area contributed by atoms with Crippen molar-refractivity contribution in [2.75, 3.05) is 32.2 Å². The highest BCUT2D eigenvalue weighted by atomic mass is 35.5. The third-order valence-corrected chi connectivity index (χ3v) is 6.39. The van der Waals surface area contributed by atoms with Crippen LogP contribution in [0.25, 0.3) is 6.08 Å². The van der Waals surface area contributed by atoms with Crippen LogP contribution in [-0.2, 0) is 9.59 Å². The second kappa shape index (κ2) is 12.3. The van der Waals surface area contributed by atoms with Gasteiger partial charge in [0.05, 0.1) is 23.6 Å². The van der Waals surface area contributed by atoms with E-state index < -0.39 is 5.91 Å². The Morgan fingerprint density at radius 2 is 1.70 bits per heavy atom. The minimum Gasteiger partial charge on any atom is -0.493 e. The van der Waals surface area contributed by atoms with Crippen LogP contribution >= 0.6 is 23.4 Å². The number of carbonyl (C=O) groups is 3. The number of thioether (sulfide) groups is 1. The van der Waals surface area contributed by atoms with Gasteiger partial charge in [0.1, 0.15) is 12.4 Å². The standard InChI is InChI=1S/C27H23ClN2O6S/c1-34-22-9-5-6-10-23(22)35-14-13-30-26(32)24(37-27(30)33)16-18-11-12-21(20(28)15-18)36-17-25(31)29-19-7-3-2-4-8-19/h2-12,15-16H,13-14,17H2,1H3,(H,29,31)/b24-16-. The molecule has 0 bridgehead atoms. The van der Waals surface area contributed by atoms with Crippen molar-refractivity contribution in [3.63, 3.8) is 0 Å². The Morgan fingerprint density at radius 3 is 2.43 bits per heavy atom. The van der Waals surface area contributed by atoms with Gasteiger partial charge in [0.25, 0.3) is 17.1 Å². The van der Waals surface area contributed by atoms with Crippen LogP contribution in [0.4, 0.5) is 10.5 Å². The van der Waals surface area contributed by atoms with E-state index >= 15 is 0 Å². The topological polar surface area (TPSA) is 94.2 Å². The van der Waals surface area contributed by atoms with Gasteiger partial charge in [0, 0.05) is 5.69 Å². The molecule has 1 aliphatic heterocycles. The first-order valence-corrected chi connectivity index (χ1v) is 12.4. The average Bonchev–Trinajstić information content (AvgIpc) is 3.16. The number of hydrogen-bond donors (Lipinski definition) is 1. The molecular formula is C27H23ClN2O6S. The molecule has 0 aromatic heterocycles. The first kappa shape index (κ1) is 26.1. The molecule has 1 aliphatic rings. The average molecular weight is 539 g/mol. The van der Waals surface area contributed by atoms with Gasteiger partial charge in [-0.3, -0.25) is 19.3 Å². The van der Waals surface area contributed by atoms with Gasteiger partial charge in [-0.1, -0.05) is 48.0 Å². The van der Waals surface area contributed by atoms with E-state index in [9.17, 15) is 14.4 Å². The van der Waals surface area contributed by atoms with Crippen molar-refractivity contribution in [1.82, 2.24) is 4.90 Å². The highest BCUT2D eigenvalue weighted by Gasteiger charge is 2.34. The molecule has 0 aliphatic carbocycles. The highest BCUT2D eigenvalue weighted by molar-refractivity contribution is 8.18. The zero-order valence-corrected chi connectivity index (χ0v) is 21.4. The Morgan fingerprint density at radius 1 is 0.973 bits per heavy atom. The number of amides is 3. The number of nitrogens with one attached hydrogen (secondary N) is 1. The number of benzene rings is 3. The quantitative estimate of drug-likeness (QED) is 0.341. The predicted octanol–water partition coefficient (Wildman–Crippen LogP) is 5.48. The van der Waals surface area contributed by atoms with E-state index in [1.165, 1.54) is 7.11 Å². The van der Waals surface area contributed by atoms with Crippen LogP contribution in [-0.4, -0.2) is 48.8 Å².